The number of aliphatic carboxylic acids is 3. The third kappa shape index (κ3) is 4.51. The fraction of sp³-hybridized carbons (Fsp3) is 0.900. The molecule has 0 aliphatic rings. The average Bonchev–Trinajstić information content (AvgIpc) is 2.81. The van der Waals surface area contributed by atoms with E-state index < -0.39 is 51.1 Å². The molecule has 0 bridgehead atoms. The van der Waals surface area contributed by atoms with Crippen LogP contribution in [0.15, 0.2) is 0 Å². The smallest absolute Gasteiger partial charge is 0.337 e. The third-order valence-corrected chi connectivity index (χ3v) is 11.2. The van der Waals surface area contributed by atoms with Gasteiger partial charge in [-0.3, -0.25) is 9.59 Å². The molecule has 2 unspecified atom stereocenters. The van der Waals surface area contributed by atoms with Crippen LogP contribution in [0.25, 0.3) is 0 Å². The topological polar surface area (TPSA) is 132 Å². The summed E-state index contributed by atoms with van der Waals surface area (Å²) in [7, 11) is 0. The Kier molecular flexibility index (Phi) is 11.9. The third-order valence-electron chi connectivity index (χ3n) is 11.2. The van der Waals surface area contributed by atoms with Crippen molar-refractivity contribution in [2.75, 3.05) is 0 Å². The van der Waals surface area contributed by atoms with Gasteiger partial charge < -0.3 is 20.4 Å². The molecule has 2 atom stereocenters. The summed E-state index contributed by atoms with van der Waals surface area (Å²) in [6.07, 6.45) is 1.66. The van der Waals surface area contributed by atoms with Gasteiger partial charge in [0.05, 0.1) is 0 Å². The molecule has 0 spiro atoms. The molecule has 7 nitrogen and oxygen atoms in total. The van der Waals surface area contributed by atoms with Crippen LogP contribution in [0, 0.1) is 45.3 Å². The first-order valence-corrected chi connectivity index (χ1v) is 14.3. The van der Waals surface area contributed by atoms with Gasteiger partial charge in [-0.05, 0) is 72.5 Å². The highest BCUT2D eigenvalue weighted by Gasteiger charge is 2.81. The van der Waals surface area contributed by atoms with Gasteiger partial charge in [-0.25, -0.2) is 4.79 Å². The molecule has 0 radical (unpaired) electrons. The Bertz CT molecular complexity index is 762. The Morgan fingerprint density at radius 2 is 0.892 bits per heavy atom. The van der Waals surface area contributed by atoms with E-state index >= 15 is 0 Å². The van der Waals surface area contributed by atoms with Crippen molar-refractivity contribution in [2.45, 2.75) is 127 Å². The van der Waals surface area contributed by atoms with Gasteiger partial charge in [-0.15, -0.1) is 0 Å². The first kappa shape index (κ1) is 35.4. The average molecular weight is 529 g/mol. The number of hydrogen-bond donors (Lipinski definition) is 4. The zero-order valence-corrected chi connectivity index (χ0v) is 25.6. The molecule has 0 heterocycles. The molecule has 0 fully saturated rings. The van der Waals surface area contributed by atoms with Gasteiger partial charge in [0.25, 0.3) is 0 Å². The second-order valence-corrected chi connectivity index (χ2v) is 12.0. The van der Waals surface area contributed by atoms with E-state index in [1.807, 2.05) is 69.2 Å². The van der Waals surface area contributed by atoms with Crippen molar-refractivity contribution < 1.29 is 34.8 Å². The lowest BCUT2D eigenvalue weighted by molar-refractivity contribution is -0.282. The van der Waals surface area contributed by atoms with Crippen molar-refractivity contribution in [1.82, 2.24) is 0 Å². The standard InChI is InChI=1S/C30H56O7/c1-13-26(14-2,19(7)8)22(23(31)32)29(37,24(33)34)30(25(35)36,27(15-3,16-4)20(9)10)28(17-5,18-6)21(11)12/h19-22,37H,13-18H2,1-12H3,(H,31,32)(H,33,34)(H,35,36). The fourth-order valence-corrected chi connectivity index (χ4v) is 9.05. The minimum Gasteiger partial charge on any atom is -0.481 e. The van der Waals surface area contributed by atoms with Crippen LogP contribution < -0.4 is 0 Å². The Hall–Kier alpha value is -1.63. The summed E-state index contributed by atoms with van der Waals surface area (Å²) in [6, 6.07) is 0. The van der Waals surface area contributed by atoms with Gasteiger partial charge in [-0.1, -0.05) is 83.1 Å². The molecule has 218 valence electrons. The minimum absolute atomic E-state index is 0.275. The van der Waals surface area contributed by atoms with E-state index in [1.54, 1.807) is 13.8 Å². The zero-order valence-electron chi connectivity index (χ0n) is 25.6. The maximum Gasteiger partial charge on any atom is 0.337 e. The largest absolute Gasteiger partial charge is 0.481 e. The molecular weight excluding hydrogens is 472 g/mol. The van der Waals surface area contributed by atoms with Gasteiger partial charge in [-0.2, -0.15) is 0 Å². The van der Waals surface area contributed by atoms with Crippen LogP contribution in [0.3, 0.4) is 0 Å². The Morgan fingerprint density at radius 3 is 1.03 bits per heavy atom. The summed E-state index contributed by atoms with van der Waals surface area (Å²) < 4.78 is 0. The van der Waals surface area contributed by atoms with E-state index in [0.717, 1.165) is 0 Å². The molecule has 0 aromatic carbocycles. The molecule has 0 aromatic rings. The summed E-state index contributed by atoms with van der Waals surface area (Å²) in [5.74, 6) is -7.55. The Balaban J connectivity index is 9.00. The highest BCUT2D eigenvalue weighted by molar-refractivity contribution is 5.95. The van der Waals surface area contributed by atoms with Crippen molar-refractivity contribution in [3.8, 4) is 0 Å². The Morgan fingerprint density at radius 1 is 0.568 bits per heavy atom. The zero-order chi connectivity index (χ0) is 29.8. The van der Waals surface area contributed by atoms with Gasteiger partial charge in [0.1, 0.15) is 11.3 Å². The van der Waals surface area contributed by atoms with Gasteiger partial charge in [0.2, 0.25) is 0 Å². The highest BCUT2D eigenvalue weighted by Crippen LogP contribution is 2.71. The number of carbonyl (C=O) groups is 3. The fourth-order valence-electron chi connectivity index (χ4n) is 9.05. The van der Waals surface area contributed by atoms with Crippen LogP contribution in [0.1, 0.15) is 122 Å². The number of aliphatic hydroxyl groups is 1. The molecule has 4 N–H and O–H groups in total. The Labute approximate surface area is 225 Å². The lowest BCUT2D eigenvalue weighted by Crippen LogP contribution is -2.78. The second-order valence-electron chi connectivity index (χ2n) is 12.0. The van der Waals surface area contributed by atoms with Gasteiger partial charge in [0, 0.05) is 0 Å². The molecule has 0 aliphatic carbocycles. The minimum atomic E-state index is -3.10. The van der Waals surface area contributed by atoms with E-state index in [-0.39, 0.29) is 56.3 Å². The summed E-state index contributed by atoms with van der Waals surface area (Å²) in [5.41, 5.74) is -9.02. The molecule has 7 heteroatoms. The molecule has 0 saturated carbocycles. The van der Waals surface area contributed by atoms with Crippen LogP contribution >= 0.6 is 0 Å². The van der Waals surface area contributed by atoms with Crippen LogP contribution in [-0.4, -0.2) is 43.9 Å². The number of rotatable bonds is 17. The van der Waals surface area contributed by atoms with Crippen molar-refractivity contribution in [3.63, 3.8) is 0 Å². The summed E-state index contributed by atoms with van der Waals surface area (Å²) >= 11 is 0. The predicted molar refractivity (Wildman–Crippen MR) is 147 cm³/mol. The molecule has 0 saturated heterocycles. The highest BCUT2D eigenvalue weighted by atomic mass is 16.4. The molecule has 0 rings (SSSR count). The van der Waals surface area contributed by atoms with Crippen LogP contribution in [-0.2, 0) is 14.4 Å². The maximum absolute atomic E-state index is 14.1. The number of hydrogen-bond acceptors (Lipinski definition) is 4. The predicted octanol–water partition coefficient (Wildman–Crippen LogP) is 6.96. The normalized spacial score (nSPS) is 16.2. The van der Waals surface area contributed by atoms with E-state index in [0.29, 0.717) is 0 Å². The summed E-state index contributed by atoms with van der Waals surface area (Å²) in [5, 5.41) is 46.3. The molecular formula is C30H56O7. The van der Waals surface area contributed by atoms with Crippen molar-refractivity contribution in [3.05, 3.63) is 0 Å². The number of carboxylic acid groups (broad SMARTS) is 3. The first-order chi connectivity index (χ1) is 16.9. The molecule has 0 aromatic heterocycles. The van der Waals surface area contributed by atoms with E-state index in [2.05, 4.69) is 0 Å². The van der Waals surface area contributed by atoms with Crippen LogP contribution in [0.2, 0.25) is 0 Å². The molecule has 0 aliphatic heterocycles. The van der Waals surface area contributed by atoms with E-state index in [9.17, 15) is 34.8 Å². The van der Waals surface area contributed by atoms with Crippen molar-refractivity contribution in [2.24, 2.45) is 45.3 Å². The van der Waals surface area contributed by atoms with Gasteiger partial charge >= 0.3 is 17.9 Å². The van der Waals surface area contributed by atoms with E-state index in [1.165, 1.54) is 0 Å². The van der Waals surface area contributed by atoms with Crippen LogP contribution in [0.4, 0.5) is 0 Å². The molecule has 37 heavy (non-hydrogen) atoms. The number of carboxylic acids is 3. The van der Waals surface area contributed by atoms with Crippen LogP contribution in [0.5, 0.6) is 0 Å². The molecule has 0 amide bonds. The van der Waals surface area contributed by atoms with Crippen molar-refractivity contribution in [1.29, 1.82) is 0 Å². The maximum atomic E-state index is 14.1. The summed E-state index contributed by atoms with van der Waals surface area (Å²) in [6.45, 7) is 22.1. The SMILES string of the molecule is CCC(CC)(C(C)C)C(C(=O)O)C(O)(C(=O)O)C(C(=O)O)(C(CC)(CC)C(C)C)C(CC)(CC)C(C)C. The monoisotopic (exact) mass is 528 g/mol. The lowest BCUT2D eigenvalue weighted by atomic mass is 9.34. The van der Waals surface area contributed by atoms with Gasteiger partial charge in [0.15, 0.2) is 5.60 Å². The second kappa shape index (κ2) is 12.5. The van der Waals surface area contributed by atoms with E-state index in [4.69, 9.17) is 0 Å². The lowest BCUT2D eigenvalue weighted by Gasteiger charge is -2.67. The quantitative estimate of drug-likeness (QED) is 0.160. The first-order valence-electron chi connectivity index (χ1n) is 14.3. The summed E-state index contributed by atoms with van der Waals surface area (Å²) in [4.78, 5) is 41.1. The van der Waals surface area contributed by atoms with Crippen molar-refractivity contribution >= 4 is 17.9 Å².